The summed E-state index contributed by atoms with van der Waals surface area (Å²) in [6, 6.07) is 15.6. The smallest absolute Gasteiger partial charge is 0.255 e. The largest absolute Gasteiger partial charge is 0.489 e. The number of fused-ring (bicyclic) bond motifs is 1. The molecule has 3 heteroatoms. The lowest BCUT2D eigenvalue weighted by molar-refractivity contribution is 0.0946. The second kappa shape index (κ2) is 5.37. The molecule has 3 nitrogen and oxygen atoms in total. The van der Waals surface area contributed by atoms with E-state index < -0.39 is 0 Å². The van der Waals surface area contributed by atoms with E-state index in [0.717, 1.165) is 23.3 Å². The molecule has 1 unspecified atom stereocenters. The maximum absolute atomic E-state index is 12.3. The minimum Gasteiger partial charge on any atom is -0.489 e. The number of carbonyl (C=O) groups is 1. The van der Waals surface area contributed by atoms with Crippen LogP contribution in [0.3, 0.4) is 0 Å². The van der Waals surface area contributed by atoms with Crippen LogP contribution in [0.1, 0.15) is 28.4 Å². The van der Waals surface area contributed by atoms with Gasteiger partial charge in [0.1, 0.15) is 11.9 Å². The molecule has 0 aliphatic carbocycles. The average molecular weight is 267 g/mol. The van der Waals surface area contributed by atoms with Gasteiger partial charge in [-0.15, -0.1) is 0 Å². The molecule has 1 aliphatic rings. The lowest BCUT2D eigenvalue weighted by atomic mass is 10.1. The maximum Gasteiger partial charge on any atom is 0.255 e. The van der Waals surface area contributed by atoms with E-state index >= 15 is 0 Å². The van der Waals surface area contributed by atoms with Gasteiger partial charge in [0, 0.05) is 13.0 Å². The van der Waals surface area contributed by atoms with Gasteiger partial charge in [0.05, 0.1) is 5.56 Å². The first-order valence-electron chi connectivity index (χ1n) is 6.84. The molecule has 0 aromatic heterocycles. The van der Waals surface area contributed by atoms with Gasteiger partial charge in [-0.3, -0.25) is 4.79 Å². The van der Waals surface area contributed by atoms with Crippen LogP contribution in [-0.2, 0) is 13.0 Å². The highest BCUT2D eigenvalue weighted by atomic mass is 16.5. The summed E-state index contributed by atoms with van der Waals surface area (Å²) in [6.07, 6.45) is 1.02. The number of hydrogen-bond acceptors (Lipinski definition) is 2. The van der Waals surface area contributed by atoms with E-state index in [1.807, 2.05) is 55.5 Å². The van der Waals surface area contributed by atoms with Gasteiger partial charge in [-0.05, 0) is 24.1 Å². The second-order valence-corrected chi connectivity index (χ2v) is 5.09. The molecular weight excluding hydrogens is 250 g/mol. The summed E-state index contributed by atoms with van der Waals surface area (Å²) < 4.78 is 5.75. The fourth-order valence-corrected chi connectivity index (χ4v) is 2.49. The van der Waals surface area contributed by atoms with Crippen LogP contribution in [0, 0.1) is 0 Å². The zero-order chi connectivity index (χ0) is 13.9. The number of para-hydroxylation sites is 1. The van der Waals surface area contributed by atoms with Crippen LogP contribution in [0.5, 0.6) is 5.75 Å². The van der Waals surface area contributed by atoms with Gasteiger partial charge in [0.25, 0.3) is 5.91 Å². The van der Waals surface area contributed by atoms with Crippen molar-refractivity contribution in [2.24, 2.45) is 0 Å². The van der Waals surface area contributed by atoms with Crippen LogP contribution >= 0.6 is 0 Å². The summed E-state index contributed by atoms with van der Waals surface area (Å²) in [5.74, 6) is 0.658. The number of nitrogens with one attached hydrogen (secondary N) is 1. The van der Waals surface area contributed by atoms with Crippen LogP contribution in [0.25, 0.3) is 0 Å². The second-order valence-electron chi connectivity index (χ2n) is 5.09. The van der Waals surface area contributed by atoms with Crippen molar-refractivity contribution < 1.29 is 9.53 Å². The zero-order valence-corrected chi connectivity index (χ0v) is 11.4. The Labute approximate surface area is 118 Å². The highest BCUT2D eigenvalue weighted by molar-refractivity contribution is 5.97. The predicted molar refractivity (Wildman–Crippen MR) is 77.8 cm³/mol. The fraction of sp³-hybridized carbons (Fsp3) is 0.235. The standard InChI is InChI=1S/C17H17NO2/c1-12-10-14-8-5-9-15(16(14)20-12)17(19)18-11-13-6-3-2-4-7-13/h2-9,12H,10-11H2,1H3,(H,18,19). The number of benzene rings is 2. The SMILES string of the molecule is CC1Cc2cccc(C(=O)NCc3ccccc3)c2O1. The van der Waals surface area contributed by atoms with Gasteiger partial charge in [-0.1, -0.05) is 42.5 Å². The molecule has 1 atom stereocenters. The Bertz CT molecular complexity index is 622. The Kier molecular flexibility index (Phi) is 3.42. The molecule has 20 heavy (non-hydrogen) atoms. The molecule has 0 radical (unpaired) electrons. The number of carbonyl (C=O) groups excluding carboxylic acids is 1. The van der Waals surface area contributed by atoms with E-state index in [1.165, 1.54) is 0 Å². The molecule has 1 heterocycles. The van der Waals surface area contributed by atoms with E-state index in [-0.39, 0.29) is 12.0 Å². The molecule has 102 valence electrons. The Morgan fingerprint density at radius 1 is 1.20 bits per heavy atom. The summed E-state index contributed by atoms with van der Waals surface area (Å²) in [4.78, 5) is 12.3. The summed E-state index contributed by atoms with van der Waals surface area (Å²) in [5, 5.41) is 2.94. The first-order chi connectivity index (χ1) is 9.74. The van der Waals surface area contributed by atoms with E-state index in [4.69, 9.17) is 4.74 Å². The lowest BCUT2D eigenvalue weighted by Crippen LogP contribution is -2.23. The topological polar surface area (TPSA) is 38.3 Å². The van der Waals surface area contributed by atoms with Gasteiger partial charge in [0.2, 0.25) is 0 Å². The average Bonchev–Trinajstić information content (AvgIpc) is 2.85. The van der Waals surface area contributed by atoms with Gasteiger partial charge in [-0.25, -0.2) is 0 Å². The summed E-state index contributed by atoms with van der Waals surface area (Å²) >= 11 is 0. The van der Waals surface area contributed by atoms with Crippen molar-refractivity contribution in [2.75, 3.05) is 0 Å². The molecule has 0 saturated carbocycles. The zero-order valence-electron chi connectivity index (χ0n) is 11.4. The van der Waals surface area contributed by atoms with Crippen molar-refractivity contribution in [2.45, 2.75) is 26.0 Å². The number of ether oxygens (including phenoxy) is 1. The summed E-state index contributed by atoms with van der Waals surface area (Å²) in [5.41, 5.74) is 2.83. The Morgan fingerprint density at radius 3 is 2.80 bits per heavy atom. The number of hydrogen-bond donors (Lipinski definition) is 1. The molecular formula is C17H17NO2. The van der Waals surface area contributed by atoms with Crippen LogP contribution < -0.4 is 10.1 Å². The van der Waals surface area contributed by atoms with Crippen molar-refractivity contribution in [3.8, 4) is 5.75 Å². The molecule has 0 saturated heterocycles. The third-order valence-electron chi connectivity index (χ3n) is 3.46. The molecule has 1 aliphatic heterocycles. The molecule has 0 spiro atoms. The third-order valence-corrected chi connectivity index (χ3v) is 3.46. The van der Waals surface area contributed by atoms with Gasteiger partial charge in [0.15, 0.2) is 0 Å². The minimum absolute atomic E-state index is 0.0835. The number of amides is 1. The van der Waals surface area contributed by atoms with E-state index in [1.54, 1.807) is 0 Å². The van der Waals surface area contributed by atoms with Crippen molar-refractivity contribution in [3.05, 3.63) is 65.2 Å². The molecule has 0 bridgehead atoms. The quantitative estimate of drug-likeness (QED) is 0.928. The van der Waals surface area contributed by atoms with Crippen molar-refractivity contribution in [1.29, 1.82) is 0 Å². The number of rotatable bonds is 3. The Hall–Kier alpha value is -2.29. The third kappa shape index (κ3) is 2.52. The monoisotopic (exact) mass is 267 g/mol. The van der Waals surface area contributed by atoms with Crippen molar-refractivity contribution in [3.63, 3.8) is 0 Å². The molecule has 1 amide bonds. The van der Waals surface area contributed by atoms with E-state index in [9.17, 15) is 4.79 Å². The van der Waals surface area contributed by atoms with E-state index in [2.05, 4.69) is 5.32 Å². The van der Waals surface area contributed by atoms with Crippen LogP contribution in [0.2, 0.25) is 0 Å². The van der Waals surface area contributed by atoms with E-state index in [0.29, 0.717) is 12.1 Å². The fourth-order valence-electron chi connectivity index (χ4n) is 2.49. The molecule has 2 aromatic rings. The van der Waals surface area contributed by atoms with Gasteiger partial charge in [-0.2, -0.15) is 0 Å². The van der Waals surface area contributed by atoms with Crippen LogP contribution in [-0.4, -0.2) is 12.0 Å². The highest BCUT2D eigenvalue weighted by Crippen LogP contribution is 2.32. The van der Waals surface area contributed by atoms with Gasteiger partial charge < -0.3 is 10.1 Å². The Balaban J connectivity index is 1.74. The van der Waals surface area contributed by atoms with Gasteiger partial charge >= 0.3 is 0 Å². The molecule has 3 rings (SSSR count). The van der Waals surface area contributed by atoms with Crippen LogP contribution in [0.4, 0.5) is 0 Å². The lowest BCUT2D eigenvalue weighted by Gasteiger charge is -2.10. The highest BCUT2D eigenvalue weighted by Gasteiger charge is 2.24. The predicted octanol–water partition coefficient (Wildman–Crippen LogP) is 2.94. The Morgan fingerprint density at radius 2 is 2.00 bits per heavy atom. The first kappa shape index (κ1) is 12.7. The minimum atomic E-state index is -0.0835. The maximum atomic E-state index is 12.3. The molecule has 0 fully saturated rings. The van der Waals surface area contributed by atoms with Crippen LogP contribution in [0.15, 0.2) is 48.5 Å². The molecule has 1 N–H and O–H groups in total. The summed E-state index contributed by atoms with van der Waals surface area (Å²) in [6.45, 7) is 2.55. The van der Waals surface area contributed by atoms with Crippen molar-refractivity contribution >= 4 is 5.91 Å². The van der Waals surface area contributed by atoms with Crippen molar-refractivity contribution in [1.82, 2.24) is 5.32 Å². The molecule has 2 aromatic carbocycles. The normalized spacial score (nSPS) is 16.4. The first-order valence-corrected chi connectivity index (χ1v) is 6.84. The summed E-state index contributed by atoms with van der Waals surface area (Å²) in [7, 11) is 0.